The van der Waals surface area contributed by atoms with Crippen LogP contribution in [0.1, 0.15) is 57.6 Å². The lowest BCUT2D eigenvalue weighted by Crippen LogP contribution is -2.30. The third-order valence-electron chi connectivity index (χ3n) is 4.08. The van der Waals surface area contributed by atoms with Gasteiger partial charge in [0.05, 0.1) is 6.10 Å². The highest BCUT2D eigenvalue weighted by molar-refractivity contribution is 5.30. The summed E-state index contributed by atoms with van der Waals surface area (Å²) in [6, 6.07) is 4.73. The molecule has 0 spiro atoms. The van der Waals surface area contributed by atoms with Crippen LogP contribution < -0.4 is 4.74 Å². The molecule has 1 aliphatic carbocycles. The molecule has 1 aromatic rings. The molecule has 3 atom stereocenters. The van der Waals surface area contributed by atoms with Gasteiger partial charge in [0, 0.05) is 0 Å². The minimum Gasteiger partial charge on any atom is -0.487 e. The number of hydrogen-bond acceptors (Lipinski definition) is 2. The summed E-state index contributed by atoms with van der Waals surface area (Å²) < 4.78 is 19.8. The first-order valence-electron chi connectivity index (χ1n) is 7.26. The highest BCUT2D eigenvalue weighted by atomic mass is 19.1. The molecule has 106 valence electrons. The Balaban J connectivity index is 2.09. The average molecular weight is 266 g/mol. The van der Waals surface area contributed by atoms with Gasteiger partial charge in [-0.05, 0) is 56.2 Å². The van der Waals surface area contributed by atoms with Crippen LogP contribution in [0.25, 0.3) is 0 Å². The Labute approximate surface area is 114 Å². The number of hydrogen-bond donors (Lipinski definition) is 1. The van der Waals surface area contributed by atoms with Gasteiger partial charge in [0.15, 0.2) is 11.6 Å². The fraction of sp³-hybridized carbons (Fsp3) is 0.625. The summed E-state index contributed by atoms with van der Waals surface area (Å²) in [5.41, 5.74) is 0.584. The fourth-order valence-electron chi connectivity index (χ4n) is 2.83. The van der Waals surface area contributed by atoms with E-state index < -0.39 is 6.10 Å². The van der Waals surface area contributed by atoms with Crippen molar-refractivity contribution >= 4 is 0 Å². The summed E-state index contributed by atoms with van der Waals surface area (Å²) in [5.74, 6) is 0.471. The Kier molecular flexibility index (Phi) is 4.81. The van der Waals surface area contributed by atoms with E-state index in [0.717, 1.165) is 19.3 Å². The molecule has 1 aromatic carbocycles. The van der Waals surface area contributed by atoms with E-state index in [2.05, 4.69) is 6.92 Å². The maximum absolute atomic E-state index is 14.0. The first kappa shape index (κ1) is 14.3. The van der Waals surface area contributed by atoms with Gasteiger partial charge in [0.2, 0.25) is 0 Å². The first-order valence-corrected chi connectivity index (χ1v) is 7.26. The lowest BCUT2D eigenvalue weighted by Gasteiger charge is -2.31. The zero-order valence-corrected chi connectivity index (χ0v) is 11.7. The van der Waals surface area contributed by atoms with Gasteiger partial charge in [0.25, 0.3) is 0 Å². The normalized spacial score (nSPS) is 25.1. The van der Waals surface area contributed by atoms with Crippen LogP contribution in [-0.2, 0) is 0 Å². The van der Waals surface area contributed by atoms with E-state index in [1.807, 2.05) is 0 Å². The van der Waals surface area contributed by atoms with Crippen molar-refractivity contribution < 1.29 is 14.2 Å². The predicted octanol–water partition coefficient (Wildman–Crippen LogP) is 4.23. The van der Waals surface area contributed by atoms with Gasteiger partial charge in [-0.15, -0.1) is 0 Å². The summed E-state index contributed by atoms with van der Waals surface area (Å²) in [7, 11) is 0. The van der Waals surface area contributed by atoms with Crippen LogP contribution in [0.5, 0.6) is 5.75 Å². The fourth-order valence-corrected chi connectivity index (χ4v) is 2.83. The zero-order valence-electron chi connectivity index (χ0n) is 11.7. The van der Waals surface area contributed by atoms with Crippen LogP contribution in [-0.4, -0.2) is 11.2 Å². The smallest absolute Gasteiger partial charge is 0.165 e. The van der Waals surface area contributed by atoms with Crippen LogP contribution in [0.3, 0.4) is 0 Å². The number of ether oxygens (including phenoxy) is 1. The molecule has 0 saturated heterocycles. The minimum atomic E-state index is -0.651. The van der Waals surface area contributed by atoms with Gasteiger partial charge < -0.3 is 9.84 Å². The number of aliphatic hydroxyl groups is 1. The van der Waals surface area contributed by atoms with Crippen LogP contribution in [0.15, 0.2) is 18.2 Å². The highest BCUT2D eigenvalue weighted by Gasteiger charge is 2.26. The Bertz CT molecular complexity index is 417. The molecule has 0 aliphatic heterocycles. The Hall–Kier alpha value is -1.09. The van der Waals surface area contributed by atoms with Gasteiger partial charge in [-0.25, -0.2) is 4.39 Å². The minimum absolute atomic E-state index is 0.130. The van der Waals surface area contributed by atoms with E-state index in [9.17, 15) is 9.50 Å². The molecule has 0 aromatic heterocycles. The molecule has 2 rings (SSSR count). The monoisotopic (exact) mass is 266 g/mol. The molecule has 19 heavy (non-hydrogen) atoms. The Morgan fingerprint density at radius 1 is 1.37 bits per heavy atom. The third kappa shape index (κ3) is 3.47. The summed E-state index contributed by atoms with van der Waals surface area (Å²) in [4.78, 5) is 0. The molecule has 0 radical (unpaired) electrons. The number of aliphatic hydroxyl groups excluding tert-OH is 1. The van der Waals surface area contributed by atoms with Gasteiger partial charge in [-0.2, -0.15) is 0 Å². The van der Waals surface area contributed by atoms with Crippen molar-refractivity contribution in [3.05, 3.63) is 29.6 Å². The highest BCUT2D eigenvalue weighted by Crippen LogP contribution is 2.32. The van der Waals surface area contributed by atoms with Crippen molar-refractivity contribution in [2.45, 2.75) is 58.2 Å². The van der Waals surface area contributed by atoms with Crippen molar-refractivity contribution in [1.82, 2.24) is 0 Å². The molecule has 0 amide bonds. The molecule has 2 unspecified atom stereocenters. The molecular weight excluding hydrogens is 243 g/mol. The average Bonchev–Trinajstić information content (AvgIpc) is 2.41. The van der Waals surface area contributed by atoms with Crippen molar-refractivity contribution in [3.63, 3.8) is 0 Å². The zero-order chi connectivity index (χ0) is 13.8. The van der Waals surface area contributed by atoms with Gasteiger partial charge in [-0.3, -0.25) is 0 Å². The number of rotatable bonds is 4. The van der Waals surface area contributed by atoms with E-state index in [1.165, 1.54) is 18.9 Å². The van der Waals surface area contributed by atoms with Crippen LogP contribution in [0.4, 0.5) is 4.39 Å². The topological polar surface area (TPSA) is 29.5 Å². The van der Waals surface area contributed by atoms with Gasteiger partial charge >= 0.3 is 0 Å². The second kappa shape index (κ2) is 6.38. The molecule has 1 fully saturated rings. The lowest BCUT2D eigenvalue weighted by molar-refractivity contribution is 0.0861. The van der Waals surface area contributed by atoms with E-state index >= 15 is 0 Å². The van der Waals surface area contributed by atoms with Crippen LogP contribution in [0, 0.1) is 11.7 Å². The third-order valence-corrected chi connectivity index (χ3v) is 4.08. The summed E-state index contributed by atoms with van der Waals surface area (Å²) >= 11 is 0. The summed E-state index contributed by atoms with van der Waals surface area (Å²) in [6.07, 6.45) is 5.16. The van der Waals surface area contributed by atoms with E-state index in [0.29, 0.717) is 17.2 Å². The van der Waals surface area contributed by atoms with Crippen LogP contribution in [0.2, 0.25) is 0 Å². The van der Waals surface area contributed by atoms with Crippen molar-refractivity contribution in [3.8, 4) is 5.75 Å². The second-order valence-electron chi connectivity index (χ2n) is 5.47. The molecule has 2 nitrogen and oxygen atoms in total. The predicted molar refractivity (Wildman–Crippen MR) is 73.7 cm³/mol. The Morgan fingerprint density at radius 3 is 2.74 bits per heavy atom. The Morgan fingerprint density at radius 2 is 2.11 bits per heavy atom. The molecule has 3 heteroatoms. The molecule has 1 N–H and O–H groups in total. The number of benzene rings is 1. The second-order valence-corrected chi connectivity index (χ2v) is 5.47. The molecular formula is C16H23FO2. The maximum Gasteiger partial charge on any atom is 0.165 e. The molecule has 1 aliphatic rings. The van der Waals surface area contributed by atoms with Crippen LogP contribution >= 0.6 is 0 Å². The molecule has 0 heterocycles. The van der Waals surface area contributed by atoms with Crippen molar-refractivity contribution in [2.75, 3.05) is 0 Å². The molecule has 0 bridgehead atoms. The number of halogens is 1. The van der Waals surface area contributed by atoms with E-state index in [1.54, 1.807) is 19.1 Å². The van der Waals surface area contributed by atoms with E-state index in [-0.39, 0.29) is 11.9 Å². The lowest BCUT2D eigenvalue weighted by atomic mass is 9.85. The standard InChI is InChI=1S/C16H23FO2/c1-3-12-6-4-5-7-15(12)19-16-9-8-13(11(2)18)10-14(16)17/h8-12,15,18H,3-7H2,1-2H3/t11-,12?,15?/m0/s1. The quantitative estimate of drug-likeness (QED) is 0.883. The SMILES string of the molecule is CCC1CCCCC1Oc1ccc([C@H](C)O)cc1F. The van der Waals surface area contributed by atoms with E-state index in [4.69, 9.17) is 4.74 Å². The molecule has 1 saturated carbocycles. The first-order chi connectivity index (χ1) is 9.11. The van der Waals surface area contributed by atoms with Crippen molar-refractivity contribution in [1.29, 1.82) is 0 Å². The van der Waals surface area contributed by atoms with Crippen molar-refractivity contribution in [2.24, 2.45) is 5.92 Å². The summed E-state index contributed by atoms with van der Waals surface area (Å²) in [6.45, 7) is 3.79. The summed E-state index contributed by atoms with van der Waals surface area (Å²) in [5, 5.41) is 9.43. The van der Waals surface area contributed by atoms with Gasteiger partial charge in [-0.1, -0.05) is 19.4 Å². The van der Waals surface area contributed by atoms with Gasteiger partial charge in [0.1, 0.15) is 6.10 Å². The maximum atomic E-state index is 14.0. The largest absolute Gasteiger partial charge is 0.487 e.